The molecule has 15 heavy (non-hydrogen) atoms. The van der Waals surface area contributed by atoms with E-state index in [2.05, 4.69) is 0 Å². The van der Waals surface area contributed by atoms with Crippen molar-refractivity contribution in [2.75, 3.05) is 25.2 Å². The normalized spacial score (nSPS) is 21.5. The fourth-order valence-electron chi connectivity index (χ4n) is 1.89. The Hall–Kier alpha value is -0.130. The van der Waals surface area contributed by atoms with Crippen LogP contribution in [-0.4, -0.2) is 39.2 Å². The molecule has 0 aromatic rings. The second-order valence-corrected chi connectivity index (χ2v) is 6.87. The molecule has 90 valence electrons. The number of nitrogens with two attached hydrogens (primary N) is 1. The summed E-state index contributed by atoms with van der Waals surface area (Å²) in [7, 11) is -2.91. The Morgan fingerprint density at radius 3 is 2.40 bits per heavy atom. The average molecular weight is 235 g/mol. The maximum Gasteiger partial charge on any atom is 0.149 e. The molecule has 0 bridgehead atoms. The van der Waals surface area contributed by atoms with Gasteiger partial charge in [0.2, 0.25) is 0 Å². The Labute approximate surface area is 92.1 Å². The van der Waals surface area contributed by atoms with E-state index >= 15 is 0 Å². The Morgan fingerprint density at radius 1 is 1.27 bits per heavy atom. The zero-order chi connectivity index (χ0) is 11.4. The zero-order valence-corrected chi connectivity index (χ0v) is 10.2. The minimum absolute atomic E-state index is 0.0864. The summed E-state index contributed by atoms with van der Waals surface area (Å²) in [6, 6.07) is 0. The van der Waals surface area contributed by atoms with Crippen LogP contribution in [-0.2, 0) is 14.6 Å². The van der Waals surface area contributed by atoms with Gasteiger partial charge in [-0.3, -0.25) is 0 Å². The van der Waals surface area contributed by atoms with Crippen molar-refractivity contribution < 1.29 is 13.2 Å². The maximum atomic E-state index is 10.9. The van der Waals surface area contributed by atoms with Crippen LogP contribution in [0.2, 0.25) is 0 Å². The lowest BCUT2D eigenvalue weighted by molar-refractivity contribution is 0.0773. The molecule has 2 N–H and O–H groups in total. The fraction of sp³-hybridized carbons (Fsp3) is 1.00. The van der Waals surface area contributed by atoms with Gasteiger partial charge >= 0.3 is 0 Å². The van der Waals surface area contributed by atoms with E-state index in [9.17, 15) is 8.42 Å². The lowest BCUT2D eigenvalue weighted by Gasteiger charge is -2.32. The van der Waals surface area contributed by atoms with Gasteiger partial charge in [0.15, 0.2) is 0 Å². The molecule has 5 heteroatoms. The van der Waals surface area contributed by atoms with Crippen molar-refractivity contribution in [2.45, 2.75) is 37.6 Å². The summed E-state index contributed by atoms with van der Waals surface area (Å²) in [4.78, 5) is 0. The monoisotopic (exact) mass is 235 g/mol. The van der Waals surface area contributed by atoms with Crippen LogP contribution in [0, 0.1) is 0 Å². The molecule has 0 aliphatic heterocycles. The summed E-state index contributed by atoms with van der Waals surface area (Å²) in [6.07, 6.45) is 6.77. The second-order valence-electron chi connectivity index (χ2n) is 4.61. The van der Waals surface area contributed by atoms with Crippen LogP contribution in [0.5, 0.6) is 0 Å². The number of hydrogen-bond acceptors (Lipinski definition) is 4. The van der Waals surface area contributed by atoms with Crippen molar-refractivity contribution in [3.8, 4) is 0 Å². The van der Waals surface area contributed by atoms with Gasteiger partial charge in [0, 0.05) is 11.8 Å². The Kier molecular flexibility index (Phi) is 4.55. The highest BCUT2D eigenvalue weighted by Crippen LogP contribution is 2.25. The third-order valence-electron chi connectivity index (χ3n) is 2.84. The van der Waals surface area contributed by atoms with E-state index in [1.165, 1.54) is 12.7 Å². The van der Waals surface area contributed by atoms with Gasteiger partial charge in [0.1, 0.15) is 9.84 Å². The van der Waals surface area contributed by atoms with E-state index in [0.717, 1.165) is 25.7 Å². The molecule has 0 aromatic heterocycles. The first kappa shape index (κ1) is 12.9. The summed E-state index contributed by atoms with van der Waals surface area (Å²) in [5.41, 5.74) is 5.92. The topological polar surface area (TPSA) is 69.4 Å². The van der Waals surface area contributed by atoms with E-state index in [4.69, 9.17) is 10.5 Å². The molecule has 1 aliphatic rings. The van der Waals surface area contributed by atoms with Gasteiger partial charge in [0.05, 0.1) is 19.0 Å². The van der Waals surface area contributed by atoms with Crippen molar-refractivity contribution in [3.63, 3.8) is 0 Å². The van der Waals surface area contributed by atoms with E-state index in [1.54, 1.807) is 0 Å². The highest BCUT2D eigenvalue weighted by molar-refractivity contribution is 7.90. The van der Waals surface area contributed by atoms with E-state index in [1.807, 2.05) is 0 Å². The van der Waals surface area contributed by atoms with Crippen LogP contribution in [0.4, 0.5) is 0 Å². The van der Waals surface area contributed by atoms with Gasteiger partial charge in [-0.2, -0.15) is 0 Å². The average Bonchev–Trinajstić information content (AvgIpc) is 2.12. The number of sulfone groups is 1. The molecule has 0 amide bonds. The maximum absolute atomic E-state index is 10.9. The van der Waals surface area contributed by atoms with Crippen molar-refractivity contribution in [1.29, 1.82) is 0 Å². The Balaban J connectivity index is 2.19. The second kappa shape index (κ2) is 5.27. The van der Waals surface area contributed by atoms with Gasteiger partial charge in [-0.05, 0) is 12.8 Å². The van der Waals surface area contributed by atoms with Crippen LogP contribution in [0.25, 0.3) is 0 Å². The minimum atomic E-state index is -2.91. The molecular weight excluding hydrogens is 214 g/mol. The van der Waals surface area contributed by atoms with Crippen molar-refractivity contribution in [2.24, 2.45) is 5.73 Å². The third-order valence-corrected chi connectivity index (χ3v) is 3.75. The standard InChI is InChI=1S/C10H21NO3S/c1-15(12,13)8-7-14-9-10(11)5-3-2-4-6-10/h2-9,11H2,1H3. The predicted octanol–water partition coefficient (Wildman–Crippen LogP) is 0.709. The molecule has 1 saturated carbocycles. The summed E-state index contributed by atoms with van der Waals surface area (Å²) < 4.78 is 27.0. The molecular formula is C10H21NO3S. The number of ether oxygens (including phenoxy) is 1. The Bertz CT molecular complexity index is 281. The molecule has 1 aliphatic carbocycles. The lowest BCUT2D eigenvalue weighted by Crippen LogP contribution is -2.46. The van der Waals surface area contributed by atoms with Crippen molar-refractivity contribution in [1.82, 2.24) is 0 Å². The van der Waals surface area contributed by atoms with Crippen LogP contribution in [0.15, 0.2) is 0 Å². The molecule has 1 rings (SSSR count). The highest BCUT2D eigenvalue weighted by Gasteiger charge is 2.27. The van der Waals surface area contributed by atoms with Crippen molar-refractivity contribution >= 4 is 9.84 Å². The molecule has 1 fully saturated rings. The first-order valence-electron chi connectivity index (χ1n) is 5.46. The van der Waals surface area contributed by atoms with Gasteiger partial charge in [-0.25, -0.2) is 8.42 Å². The molecule has 0 unspecified atom stereocenters. The van der Waals surface area contributed by atoms with Crippen LogP contribution < -0.4 is 5.73 Å². The van der Waals surface area contributed by atoms with Gasteiger partial charge in [0.25, 0.3) is 0 Å². The predicted molar refractivity (Wildman–Crippen MR) is 60.5 cm³/mol. The molecule has 0 heterocycles. The van der Waals surface area contributed by atoms with Crippen LogP contribution in [0.1, 0.15) is 32.1 Å². The van der Waals surface area contributed by atoms with E-state index < -0.39 is 9.84 Å². The molecule has 0 aromatic carbocycles. The summed E-state index contributed by atoms with van der Waals surface area (Å²) in [6.45, 7) is 0.750. The van der Waals surface area contributed by atoms with Crippen LogP contribution >= 0.6 is 0 Å². The van der Waals surface area contributed by atoms with Gasteiger partial charge in [-0.1, -0.05) is 19.3 Å². The first-order chi connectivity index (χ1) is 6.91. The SMILES string of the molecule is CS(=O)(=O)CCOCC1(N)CCCCC1. The molecule has 4 nitrogen and oxygen atoms in total. The third kappa shape index (κ3) is 5.49. The Morgan fingerprint density at radius 2 is 1.87 bits per heavy atom. The first-order valence-corrected chi connectivity index (χ1v) is 7.52. The number of hydrogen-bond donors (Lipinski definition) is 1. The lowest BCUT2D eigenvalue weighted by atomic mass is 9.83. The summed E-state index contributed by atoms with van der Waals surface area (Å²) >= 11 is 0. The highest BCUT2D eigenvalue weighted by atomic mass is 32.2. The van der Waals surface area contributed by atoms with Gasteiger partial charge in [-0.15, -0.1) is 0 Å². The summed E-state index contributed by atoms with van der Waals surface area (Å²) in [5, 5.41) is 0. The van der Waals surface area contributed by atoms with E-state index in [0.29, 0.717) is 6.61 Å². The largest absolute Gasteiger partial charge is 0.378 e. The zero-order valence-electron chi connectivity index (χ0n) is 9.37. The molecule has 0 saturated heterocycles. The summed E-state index contributed by atoms with van der Waals surface area (Å²) in [5.74, 6) is 0.0864. The van der Waals surface area contributed by atoms with Gasteiger partial charge < -0.3 is 10.5 Å². The minimum Gasteiger partial charge on any atom is -0.378 e. The van der Waals surface area contributed by atoms with Crippen LogP contribution in [0.3, 0.4) is 0 Å². The van der Waals surface area contributed by atoms with E-state index in [-0.39, 0.29) is 17.9 Å². The molecule has 0 atom stereocenters. The van der Waals surface area contributed by atoms with Crippen molar-refractivity contribution in [3.05, 3.63) is 0 Å². The molecule has 0 radical (unpaired) electrons. The molecule has 0 spiro atoms. The quantitative estimate of drug-likeness (QED) is 0.712. The number of rotatable bonds is 5. The smallest absolute Gasteiger partial charge is 0.149 e. The fourth-order valence-corrected chi connectivity index (χ4v) is 2.31.